The Hall–Kier alpha value is 1.54. The lowest BCUT2D eigenvalue weighted by Gasteiger charge is -1.85. The fraction of sp³-hybridized carbons (Fsp3) is 1.00. The molecule has 0 rings (SSSR count). The summed E-state index contributed by atoms with van der Waals surface area (Å²) in [6.45, 7) is 4.46. The van der Waals surface area contributed by atoms with E-state index in [1.807, 2.05) is 0 Å². The first kappa shape index (κ1) is 23.6. The quantitative estimate of drug-likeness (QED) is 0.228. The molecule has 0 bridgehead atoms. The van der Waals surface area contributed by atoms with Crippen LogP contribution in [0, 0.1) is 0 Å². The number of hydrogen-bond donors (Lipinski definition) is 2. The largest absolute Gasteiger partial charge is 0.507 e. The summed E-state index contributed by atoms with van der Waals surface area (Å²) in [5, 5.41) is 0. The minimum atomic E-state index is -5.14. The summed E-state index contributed by atoms with van der Waals surface area (Å²) >= 11 is 4.82. The molecule has 0 radical (unpaired) electrons. The molecule has 17 heavy (non-hydrogen) atoms. The van der Waals surface area contributed by atoms with Crippen molar-refractivity contribution >= 4 is 53.1 Å². The fourth-order valence-electron chi connectivity index (χ4n) is 0.689. The molecular formula is C10H24FI2O3P. The van der Waals surface area contributed by atoms with E-state index in [0.717, 1.165) is 0 Å². The van der Waals surface area contributed by atoms with E-state index in [4.69, 9.17) is 14.4 Å². The summed E-state index contributed by atoms with van der Waals surface area (Å²) in [6, 6.07) is 0. The molecule has 0 aliphatic heterocycles. The highest BCUT2D eigenvalue weighted by Gasteiger charge is 2.04. The Morgan fingerprint density at radius 2 is 1.18 bits per heavy atom. The molecule has 0 atom stereocenters. The third kappa shape index (κ3) is 74.5. The second-order valence-corrected chi connectivity index (χ2v) is 6.37. The minimum Gasteiger partial charge on any atom is -0.299 e. The zero-order chi connectivity index (χ0) is 14.2. The maximum atomic E-state index is 10.4. The number of hydrogen-bond acceptors (Lipinski definition) is 1. The van der Waals surface area contributed by atoms with Gasteiger partial charge in [-0.1, -0.05) is 84.7 Å². The number of rotatable bonds is 6. The molecule has 0 fully saturated rings. The van der Waals surface area contributed by atoms with Crippen LogP contribution >= 0.6 is 53.1 Å². The second-order valence-electron chi connectivity index (χ2n) is 3.27. The van der Waals surface area contributed by atoms with E-state index in [1.165, 1.54) is 47.4 Å². The standard InChI is InChI=1S/2C5H11I.FH2O3P/c2*1-2-3-4-5-6;1-5(2,3)4/h2*2-5H2,1H3;(H2,2,3,4). The van der Waals surface area contributed by atoms with Crippen LogP contribution in [0.4, 0.5) is 4.20 Å². The third-order valence-corrected chi connectivity index (χ3v) is 3.00. The van der Waals surface area contributed by atoms with Gasteiger partial charge in [-0.05, 0) is 21.7 Å². The predicted molar refractivity (Wildman–Crippen MR) is 90.0 cm³/mol. The molecule has 0 heterocycles. The molecule has 108 valence electrons. The lowest BCUT2D eigenvalue weighted by molar-refractivity contribution is 0.322. The highest BCUT2D eigenvalue weighted by molar-refractivity contribution is 14.1. The van der Waals surface area contributed by atoms with Crippen LogP contribution in [-0.2, 0) is 4.57 Å². The molecule has 0 aromatic heterocycles. The Morgan fingerprint density at radius 1 is 0.941 bits per heavy atom. The molecule has 0 aliphatic carbocycles. The van der Waals surface area contributed by atoms with E-state index < -0.39 is 7.91 Å². The molecule has 0 amide bonds. The van der Waals surface area contributed by atoms with Crippen LogP contribution < -0.4 is 0 Å². The highest BCUT2D eigenvalue weighted by atomic mass is 127. The summed E-state index contributed by atoms with van der Waals surface area (Å²) < 4.78 is 21.7. The van der Waals surface area contributed by atoms with E-state index in [2.05, 4.69) is 59.0 Å². The Kier molecular flexibility index (Phi) is 27.6. The van der Waals surface area contributed by atoms with Gasteiger partial charge in [-0.3, -0.25) is 9.79 Å². The van der Waals surface area contributed by atoms with Crippen molar-refractivity contribution in [2.24, 2.45) is 0 Å². The first-order valence-electron chi connectivity index (χ1n) is 5.70. The third-order valence-electron chi connectivity index (χ3n) is 1.47. The summed E-state index contributed by atoms with van der Waals surface area (Å²) in [4.78, 5) is 13.9. The van der Waals surface area contributed by atoms with Crippen molar-refractivity contribution < 1.29 is 18.5 Å². The van der Waals surface area contributed by atoms with Gasteiger partial charge in [-0.25, -0.2) is 4.57 Å². The average Bonchev–Trinajstić information content (AvgIpc) is 2.22. The van der Waals surface area contributed by atoms with Gasteiger partial charge >= 0.3 is 7.91 Å². The van der Waals surface area contributed by atoms with E-state index in [0.29, 0.717) is 0 Å². The van der Waals surface area contributed by atoms with E-state index in [-0.39, 0.29) is 0 Å². The molecule has 0 aromatic carbocycles. The molecule has 0 saturated heterocycles. The highest BCUT2D eigenvalue weighted by Crippen LogP contribution is 2.34. The monoisotopic (exact) mass is 496 g/mol. The van der Waals surface area contributed by atoms with E-state index in [1.54, 1.807) is 0 Å². The Balaban J connectivity index is -0.000000174. The maximum absolute atomic E-state index is 10.4. The van der Waals surface area contributed by atoms with Crippen molar-refractivity contribution in [1.29, 1.82) is 0 Å². The van der Waals surface area contributed by atoms with Gasteiger partial charge in [0.15, 0.2) is 0 Å². The Labute approximate surface area is 132 Å². The smallest absolute Gasteiger partial charge is 0.299 e. The van der Waals surface area contributed by atoms with Crippen LogP contribution in [0.3, 0.4) is 0 Å². The first-order chi connectivity index (χ1) is 7.83. The SMILES string of the molecule is CCCCCI.CCCCCI.O=P(O)(O)F. The number of alkyl halides is 2. The van der Waals surface area contributed by atoms with Crippen molar-refractivity contribution in [3.8, 4) is 0 Å². The van der Waals surface area contributed by atoms with E-state index >= 15 is 0 Å². The lowest BCUT2D eigenvalue weighted by atomic mass is 10.3. The Morgan fingerprint density at radius 3 is 1.24 bits per heavy atom. The van der Waals surface area contributed by atoms with Gasteiger partial charge in [-0.2, -0.15) is 0 Å². The molecular weight excluding hydrogens is 472 g/mol. The molecule has 7 heteroatoms. The van der Waals surface area contributed by atoms with Crippen LogP contribution in [0.25, 0.3) is 0 Å². The van der Waals surface area contributed by atoms with Crippen LogP contribution in [0.1, 0.15) is 52.4 Å². The zero-order valence-corrected chi connectivity index (χ0v) is 15.8. The predicted octanol–water partition coefficient (Wildman–Crippen LogP) is 5.27. The topological polar surface area (TPSA) is 57.5 Å². The van der Waals surface area contributed by atoms with E-state index in [9.17, 15) is 4.20 Å². The molecule has 0 saturated carbocycles. The van der Waals surface area contributed by atoms with Gasteiger partial charge in [0.25, 0.3) is 0 Å². The number of halogens is 3. The molecule has 0 aromatic rings. The summed E-state index contributed by atoms with van der Waals surface area (Å²) in [7, 11) is -5.14. The molecule has 0 spiro atoms. The summed E-state index contributed by atoms with van der Waals surface area (Å²) in [5.41, 5.74) is 0. The van der Waals surface area contributed by atoms with Gasteiger partial charge in [0, 0.05) is 0 Å². The van der Waals surface area contributed by atoms with Crippen LogP contribution in [0.2, 0.25) is 0 Å². The van der Waals surface area contributed by atoms with Crippen molar-refractivity contribution in [2.75, 3.05) is 8.86 Å². The second kappa shape index (κ2) is 19.9. The van der Waals surface area contributed by atoms with Crippen molar-refractivity contribution in [3.05, 3.63) is 0 Å². The van der Waals surface area contributed by atoms with Gasteiger partial charge < -0.3 is 0 Å². The van der Waals surface area contributed by atoms with Crippen molar-refractivity contribution in [2.45, 2.75) is 52.4 Å². The van der Waals surface area contributed by atoms with Crippen molar-refractivity contribution in [3.63, 3.8) is 0 Å². The molecule has 3 nitrogen and oxygen atoms in total. The van der Waals surface area contributed by atoms with Gasteiger partial charge in [0.1, 0.15) is 0 Å². The van der Waals surface area contributed by atoms with Crippen LogP contribution in [-0.4, -0.2) is 18.6 Å². The minimum absolute atomic E-state index is 1.32. The number of unbranched alkanes of at least 4 members (excludes halogenated alkanes) is 4. The fourth-order valence-corrected chi connectivity index (χ4v) is 1.77. The maximum Gasteiger partial charge on any atom is 0.507 e. The average molecular weight is 496 g/mol. The zero-order valence-electron chi connectivity index (χ0n) is 10.5. The first-order valence-corrected chi connectivity index (χ1v) is 10.3. The van der Waals surface area contributed by atoms with Crippen molar-refractivity contribution in [1.82, 2.24) is 0 Å². The van der Waals surface area contributed by atoms with Crippen LogP contribution in [0.15, 0.2) is 0 Å². The molecule has 0 unspecified atom stereocenters. The molecule has 2 N–H and O–H groups in total. The van der Waals surface area contributed by atoms with Crippen LogP contribution in [0.5, 0.6) is 0 Å². The summed E-state index contributed by atoms with van der Waals surface area (Å²) in [5.74, 6) is 0. The lowest BCUT2D eigenvalue weighted by Crippen LogP contribution is -1.70. The Bertz CT molecular complexity index is 143. The summed E-state index contributed by atoms with van der Waals surface area (Å²) in [6.07, 6.45) is 8.31. The molecule has 0 aliphatic rings. The van der Waals surface area contributed by atoms with Gasteiger partial charge in [0.2, 0.25) is 0 Å². The van der Waals surface area contributed by atoms with Gasteiger partial charge in [0.05, 0.1) is 0 Å². The normalized spacial score (nSPS) is 9.82. The van der Waals surface area contributed by atoms with Gasteiger partial charge in [-0.15, -0.1) is 4.20 Å².